The molecule has 4 rings (SSSR count). The quantitative estimate of drug-likeness (QED) is 0.838. The molecule has 3 heterocycles. The van der Waals surface area contributed by atoms with Crippen LogP contribution in [0.3, 0.4) is 0 Å². The molecule has 2 aliphatic rings. The number of nitrogens with zero attached hydrogens (tertiary/aromatic N) is 1. The van der Waals surface area contributed by atoms with E-state index in [2.05, 4.69) is 28.7 Å². The highest BCUT2D eigenvalue weighted by atomic mass is 19.1. The first kappa shape index (κ1) is 18.6. The van der Waals surface area contributed by atoms with Gasteiger partial charge in [-0.3, -0.25) is 15.8 Å². The number of benzene rings is 1. The second-order valence-electron chi connectivity index (χ2n) is 7.65. The molecule has 2 saturated heterocycles. The van der Waals surface area contributed by atoms with Gasteiger partial charge in [-0.25, -0.2) is 8.78 Å². The van der Waals surface area contributed by atoms with Crippen molar-refractivity contribution in [3.05, 3.63) is 59.1 Å². The van der Waals surface area contributed by atoms with E-state index in [0.29, 0.717) is 12.5 Å². The van der Waals surface area contributed by atoms with Gasteiger partial charge in [0.25, 0.3) is 0 Å². The number of nitrogens with one attached hydrogen (secondary N) is 2. The Bertz CT molecular complexity index is 758. The second kappa shape index (κ2) is 8.09. The van der Waals surface area contributed by atoms with Gasteiger partial charge in [0.15, 0.2) is 0 Å². The third-order valence-electron chi connectivity index (χ3n) is 5.89. The lowest BCUT2D eigenvalue weighted by Gasteiger charge is -2.37. The molecular weight excluding hydrogens is 348 g/mol. The van der Waals surface area contributed by atoms with E-state index >= 15 is 0 Å². The molecule has 0 amide bonds. The second-order valence-corrected chi connectivity index (χ2v) is 7.65. The first-order valence-electron chi connectivity index (χ1n) is 9.88. The minimum atomic E-state index is -0.453. The average molecular weight is 375 g/mol. The number of halogens is 2. The Morgan fingerprint density at radius 2 is 1.93 bits per heavy atom. The molecule has 0 spiro atoms. The Labute approximate surface area is 158 Å². The van der Waals surface area contributed by atoms with E-state index in [1.807, 2.05) is 6.07 Å². The number of hydrazine groups is 1. The molecule has 6 heteroatoms. The number of furan rings is 1. The van der Waals surface area contributed by atoms with Crippen LogP contribution in [-0.4, -0.2) is 30.6 Å². The summed E-state index contributed by atoms with van der Waals surface area (Å²) in [5.41, 5.74) is 6.63. The molecule has 27 heavy (non-hydrogen) atoms. The number of aryl methyl sites for hydroxylation is 1. The third-order valence-corrected chi connectivity index (χ3v) is 5.89. The van der Waals surface area contributed by atoms with Crippen molar-refractivity contribution in [1.29, 1.82) is 0 Å². The number of hydrogen-bond donors (Lipinski definition) is 2. The lowest BCUT2D eigenvalue weighted by molar-refractivity contribution is 0.130. The fraction of sp³-hybridized carbons (Fsp3) is 0.524. The van der Waals surface area contributed by atoms with Gasteiger partial charge >= 0.3 is 0 Å². The highest BCUT2D eigenvalue weighted by Gasteiger charge is 2.39. The van der Waals surface area contributed by atoms with Gasteiger partial charge in [0.2, 0.25) is 0 Å². The van der Waals surface area contributed by atoms with Gasteiger partial charge in [-0.05, 0) is 49.6 Å². The number of rotatable bonds is 5. The zero-order chi connectivity index (χ0) is 18.8. The van der Waals surface area contributed by atoms with E-state index in [-0.39, 0.29) is 17.5 Å². The minimum absolute atomic E-state index is 0.0157. The van der Waals surface area contributed by atoms with Crippen molar-refractivity contribution < 1.29 is 13.2 Å². The van der Waals surface area contributed by atoms with Crippen molar-refractivity contribution in [2.24, 2.45) is 5.92 Å². The largest absolute Gasteiger partial charge is 0.465 e. The standard InChI is InChI=1S/C21H27F2N3O/c1-2-15-8-9-16(27-15)13-26-10-4-5-14(12-26)21-17(11-24-25-21)20-18(22)6-3-7-19(20)23/h3,6-9,14,17,21,24-25H,2,4-5,10-13H2,1H3. The van der Waals surface area contributed by atoms with Crippen LogP contribution in [0.1, 0.15) is 42.8 Å². The predicted octanol–water partition coefficient (Wildman–Crippen LogP) is 3.59. The van der Waals surface area contributed by atoms with Gasteiger partial charge < -0.3 is 4.42 Å². The minimum Gasteiger partial charge on any atom is -0.465 e. The van der Waals surface area contributed by atoms with Crippen molar-refractivity contribution in [1.82, 2.24) is 15.8 Å². The van der Waals surface area contributed by atoms with E-state index in [4.69, 9.17) is 4.42 Å². The Hall–Kier alpha value is -1.76. The summed E-state index contributed by atoms with van der Waals surface area (Å²) in [4.78, 5) is 2.39. The topological polar surface area (TPSA) is 40.4 Å². The van der Waals surface area contributed by atoms with Crippen LogP contribution < -0.4 is 10.9 Å². The summed E-state index contributed by atoms with van der Waals surface area (Å²) in [6.07, 6.45) is 3.04. The van der Waals surface area contributed by atoms with Crippen LogP contribution in [0.4, 0.5) is 8.78 Å². The lowest BCUT2D eigenvalue weighted by atomic mass is 9.80. The molecule has 1 aromatic carbocycles. The zero-order valence-corrected chi connectivity index (χ0v) is 15.7. The molecule has 3 unspecified atom stereocenters. The van der Waals surface area contributed by atoms with E-state index in [9.17, 15) is 8.78 Å². The molecular formula is C21H27F2N3O. The summed E-state index contributed by atoms with van der Waals surface area (Å²) in [5.74, 6) is 1.22. The fourth-order valence-corrected chi connectivity index (χ4v) is 4.55. The number of likely N-dealkylation sites (tertiary alicyclic amines) is 1. The van der Waals surface area contributed by atoms with Crippen molar-refractivity contribution in [3.8, 4) is 0 Å². The van der Waals surface area contributed by atoms with Crippen LogP contribution in [0.25, 0.3) is 0 Å². The van der Waals surface area contributed by atoms with Crippen LogP contribution in [0.5, 0.6) is 0 Å². The molecule has 0 bridgehead atoms. The molecule has 1 aromatic heterocycles. The predicted molar refractivity (Wildman–Crippen MR) is 100 cm³/mol. The van der Waals surface area contributed by atoms with Crippen LogP contribution in [0.2, 0.25) is 0 Å². The molecule has 146 valence electrons. The molecule has 0 radical (unpaired) electrons. The molecule has 4 nitrogen and oxygen atoms in total. The molecule has 3 atom stereocenters. The fourth-order valence-electron chi connectivity index (χ4n) is 4.55. The monoisotopic (exact) mass is 375 g/mol. The maximum absolute atomic E-state index is 14.3. The van der Waals surface area contributed by atoms with Crippen molar-refractivity contribution in [2.75, 3.05) is 19.6 Å². The molecule has 0 saturated carbocycles. The van der Waals surface area contributed by atoms with Gasteiger partial charge in [0.1, 0.15) is 23.2 Å². The maximum Gasteiger partial charge on any atom is 0.129 e. The van der Waals surface area contributed by atoms with Crippen LogP contribution in [-0.2, 0) is 13.0 Å². The van der Waals surface area contributed by atoms with Gasteiger partial charge in [0.05, 0.1) is 6.54 Å². The van der Waals surface area contributed by atoms with E-state index in [1.165, 1.54) is 18.2 Å². The lowest BCUT2D eigenvalue weighted by Crippen LogP contribution is -2.46. The first-order valence-corrected chi connectivity index (χ1v) is 9.88. The molecule has 0 aliphatic carbocycles. The number of piperidine rings is 1. The van der Waals surface area contributed by atoms with Crippen LogP contribution in [0.15, 0.2) is 34.7 Å². The first-order chi connectivity index (χ1) is 13.2. The summed E-state index contributed by atoms with van der Waals surface area (Å²) >= 11 is 0. The summed E-state index contributed by atoms with van der Waals surface area (Å²) < 4.78 is 34.5. The van der Waals surface area contributed by atoms with Crippen molar-refractivity contribution in [2.45, 2.75) is 44.7 Å². The molecule has 2 N–H and O–H groups in total. The number of hydrogen-bond acceptors (Lipinski definition) is 4. The van der Waals surface area contributed by atoms with Crippen molar-refractivity contribution in [3.63, 3.8) is 0 Å². The van der Waals surface area contributed by atoms with Gasteiger partial charge in [-0.15, -0.1) is 0 Å². The molecule has 2 fully saturated rings. The van der Waals surface area contributed by atoms with E-state index < -0.39 is 11.6 Å². The Morgan fingerprint density at radius 3 is 2.67 bits per heavy atom. The highest BCUT2D eigenvalue weighted by molar-refractivity contribution is 5.27. The van der Waals surface area contributed by atoms with Gasteiger partial charge in [0, 0.05) is 37.0 Å². The zero-order valence-electron chi connectivity index (χ0n) is 15.7. The van der Waals surface area contributed by atoms with Crippen molar-refractivity contribution >= 4 is 0 Å². The Kier molecular flexibility index (Phi) is 5.57. The van der Waals surface area contributed by atoms with Gasteiger partial charge in [-0.1, -0.05) is 13.0 Å². The summed E-state index contributed by atoms with van der Waals surface area (Å²) in [7, 11) is 0. The third kappa shape index (κ3) is 3.93. The molecule has 2 aromatic rings. The molecule has 2 aliphatic heterocycles. The maximum atomic E-state index is 14.3. The smallest absolute Gasteiger partial charge is 0.129 e. The summed E-state index contributed by atoms with van der Waals surface area (Å²) in [5, 5.41) is 0. The average Bonchev–Trinajstić information content (AvgIpc) is 3.31. The van der Waals surface area contributed by atoms with E-state index in [1.54, 1.807) is 0 Å². The summed E-state index contributed by atoms with van der Waals surface area (Å²) in [6, 6.07) is 8.23. The normalized spacial score (nSPS) is 26.6. The van der Waals surface area contributed by atoms with E-state index in [0.717, 1.165) is 50.4 Å². The highest BCUT2D eigenvalue weighted by Crippen LogP contribution is 2.34. The van der Waals surface area contributed by atoms with Crippen LogP contribution >= 0.6 is 0 Å². The Balaban J connectivity index is 1.47. The Morgan fingerprint density at radius 1 is 1.15 bits per heavy atom. The van der Waals surface area contributed by atoms with Crippen LogP contribution in [0, 0.1) is 17.6 Å². The van der Waals surface area contributed by atoms with Gasteiger partial charge in [-0.2, -0.15) is 0 Å². The SMILES string of the molecule is CCc1ccc(CN2CCCC(C3NNCC3c3c(F)cccc3F)C2)o1. The summed E-state index contributed by atoms with van der Waals surface area (Å²) in [6.45, 7) is 5.33.